The van der Waals surface area contributed by atoms with Crippen LogP contribution in [0.2, 0.25) is 0 Å². The molecule has 0 saturated carbocycles. The predicted octanol–water partition coefficient (Wildman–Crippen LogP) is 4.61. The van der Waals surface area contributed by atoms with Gasteiger partial charge in [-0.05, 0) is 48.7 Å². The van der Waals surface area contributed by atoms with Crippen LogP contribution in [0, 0.1) is 6.92 Å². The van der Waals surface area contributed by atoms with E-state index in [4.69, 9.17) is 4.42 Å². The Morgan fingerprint density at radius 3 is 2.66 bits per heavy atom. The summed E-state index contributed by atoms with van der Waals surface area (Å²) in [5, 5.41) is 7.39. The summed E-state index contributed by atoms with van der Waals surface area (Å²) < 4.78 is 5.61. The number of carbonyl (C=O) groups excluding carboxylic acids is 2. The van der Waals surface area contributed by atoms with E-state index >= 15 is 0 Å². The van der Waals surface area contributed by atoms with Gasteiger partial charge in [-0.1, -0.05) is 18.2 Å². The molecule has 0 atom stereocenters. The third kappa shape index (κ3) is 4.22. The number of oxazole rings is 1. The van der Waals surface area contributed by atoms with E-state index in [9.17, 15) is 9.59 Å². The van der Waals surface area contributed by atoms with Crippen molar-refractivity contribution >= 4 is 34.7 Å². The van der Waals surface area contributed by atoms with E-state index in [1.165, 1.54) is 11.3 Å². The van der Waals surface area contributed by atoms with Gasteiger partial charge in [0, 0.05) is 17.4 Å². The van der Waals surface area contributed by atoms with Crippen molar-refractivity contribution in [2.75, 3.05) is 10.6 Å². The van der Waals surface area contributed by atoms with E-state index < -0.39 is 5.91 Å². The van der Waals surface area contributed by atoms with Gasteiger partial charge in [0.2, 0.25) is 5.89 Å². The summed E-state index contributed by atoms with van der Waals surface area (Å²) in [6.07, 6.45) is 1.59. The summed E-state index contributed by atoms with van der Waals surface area (Å²) in [7, 11) is 0. The number of carbonyl (C=O) groups is 2. The normalized spacial score (nSPS) is 10.5. The number of nitrogens with one attached hydrogen (secondary N) is 2. The van der Waals surface area contributed by atoms with Crippen LogP contribution in [0.3, 0.4) is 0 Å². The van der Waals surface area contributed by atoms with Gasteiger partial charge in [0.25, 0.3) is 11.8 Å². The minimum Gasteiger partial charge on any atom is -0.440 e. The molecule has 0 radical (unpaired) electrons. The van der Waals surface area contributed by atoms with Gasteiger partial charge in [0.15, 0.2) is 5.69 Å². The van der Waals surface area contributed by atoms with E-state index in [1.807, 2.05) is 17.5 Å². The van der Waals surface area contributed by atoms with Crippen LogP contribution in [0.4, 0.5) is 11.5 Å². The number of aromatic nitrogens is 2. The Hall–Kier alpha value is -3.78. The molecule has 0 aliphatic rings. The number of rotatable bonds is 5. The van der Waals surface area contributed by atoms with Crippen molar-refractivity contribution in [1.82, 2.24) is 9.97 Å². The molecule has 29 heavy (non-hydrogen) atoms. The van der Waals surface area contributed by atoms with Crippen LogP contribution in [0.5, 0.6) is 0 Å². The monoisotopic (exact) mass is 404 g/mol. The minimum absolute atomic E-state index is 0.205. The van der Waals surface area contributed by atoms with E-state index in [1.54, 1.807) is 55.6 Å². The lowest BCUT2D eigenvalue weighted by atomic mass is 10.2. The molecule has 2 N–H and O–H groups in total. The lowest BCUT2D eigenvalue weighted by Gasteiger charge is -2.07. The highest BCUT2D eigenvalue weighted by Gasteiger charge is 2.19. The maximum absolute atomic E-state index is 12.6. The third-order valence-corrected chi connectivity index (χ3v) is 4.89. The first-order chi connectivity index (χ1) is 14.1. The number of pyridine rings is 1. The number of thiophene rings is 1. The van der Waals surface area contributed by atoms with Crippen molar-refractivity contribution in [1.29, 1.82) is 0 Å². The highest BCUT2D eigenvalue weighted by molar-refractivity contribution is 7.13. The number of amides is 2. The number of aryl methyl sites for hydroxylation is 1. The first kappa shape index (κ1) is 18.6. The largest absolute Gasteiger partial charge is 0.440 e. The van der Waals surface area contributed by atoms with Crippen molar-refractivity contribution in [3.05, 3.63) is 83.2 Å². The molecule has 0 aliphatic carbocycles. The summed E-state index contributed by atoms with van der Waals surface area (Å²) >= 11 is 1.48. The molecule has 0 saturated heterocycles. The van der Waals surface area contributed by atoms with Crippen LogP contribution < -0.4 is 10.6 Å². The highest BCUT2D eigenvalue weighted by Crippen LogP contribution is 2.26. The zero-order valence-corrected chi connectivity index (χ0v) is 16.2. The van der Waals surface area contributed by atoms with Gasteiger partial charge in [-0.2, -0.15) is 0 Å². The first-order valence-electron chi connectivity index (χ1n) is 8.75. The molecule has 8 heteroatoms. The lowest BCUT2D eigenvalue weighted by Crippen LogP contribution is -2.16. The molecule has 0 aliphatic heterocycles. The zero-order valence-electron chi connectivity index (χ0n) is 15.4. The second-order valence-corrected chi connectivity index (χ2v) is 7.05. The lowest BCUT2D eigenvalue weighted by molar-refractivity contribution is 0.101. The van der Waals surface area contributed by atoms with Gasteiger partial charge in [0.05, 0.1) is 4.88 Å². The minimum atomic E-state index is -0.406. The second kappa shape index (κ2) is 8.07. The Labute approximate surface area is 170 Å². The van der Waals surface area contributed by atoms with Crippen molar-refractivity contribution < 1.29 is 14.0 Å². The molecule has 0 fully saturated rings. The number of hydrogen-bond acceptors (Lipinski definition) is 6. The van der Waals surface area contributed by atoms with E-state index in [2.05, 4.69) is 20.6 Å². The number of benzene rings is 1. The first-order valence-corrected chi connectivity index (χ1v) is 9.63. The molecule has 1 aromatic carbocycles. The Kier molecular flexibility index (Phi) is 5.17. The van der Waals surface area contributed by atoms with Gasteiger partial charge in [-0.25, -0.2) is 9.97 Å². The molecule has 4 aromatic rings. The number of anilines is 2. The molecule has 4 rings (SSSR count). The smallest absolute Gasteiger partial charge is 0.277 e. The quantitative estimate of drug-likeness (QED) is 0.506. The molecule has 144 valence electrons. The summed E-state index contributed by atoms with van der Waals surface area (Å²) in [5.74, 6) is 0.557. The maximum atomic E-state index is 12.6. The van der Waals surface area contributed by atoms with E-state index in [0.29, 0.717) is 28.7 Å². The van der Waals surface area contributed by atoms with E-state index in [-0.39, 0.29) is 11.6 Å². The molecule has 0 unspecified atom stereocenters. The molecule has 0 spiro atoms. The van der Waals surface area contributed by atoms with Gasteiger partial charge in [-0.15, -0.1) is 11.3 Å². The van der Waals surface area contributed by atoms with Crippen LogP contribution in [-0.4, -0.2) is 21.8 Å². The zero-order chi connectivity index (χ0) is 20.2. The fourth-order valence-electron chi connectivity index (χ4n) is 2.67. The predicted molar refractivity (Wildman–Crippen MR) is 111 cm³/mol. The molecule has 3 aromatic heterocycles. The fourth-order valence-corrected chi connectivity index (χ4v) is 3.32. The van der Waals surface area contributed by atoms with Crippen LogP contribution >= 0.6 is 11.3 Å². The molecular weight excluding hydrogens is 388 g/mol. The Bertz CT molecular complexity index is 1150. The summed E-state index contributed by atoms with van der Waals surface area (Å²) in [5.41, 5.74) is 1.07. The number of nitrogens with zero attached hydrogens (tertiary/aromatic N) is 2. The van der Waals surface area contributed by atoms with Gasteiger partial charge >= 0.3 is 0 Å². The van der Waals surface area contributed by atoms with Crippen LogP contribution in [-0.2, 0) is 0 Å². The standard InChI is InChI=1S/C21H16N4O3S/c1-13-18(25-21(28-13)16-8-5-11-29-16)20(27)23-15-7-4-6-14(12-15)19(26)24-17-9-2-3-10-22-17/h2-12H,1H3,(H,23,27)(H,22,24,26). The third-order valence-electron chi connectivity index (χ3n) is 4.03. The van der Waals surface area contributed by atoms with Gasteiger partial charge < -0.3 is 15.1 Å². The average molecular weight is 404 g/mol. The summed E-state index contributed by atoms with van der Waals surface area (Å²) in [6, 6.07) is 15.6. The topological polar surface area (TPSA) is 97.1 Å². The summed E-state index contributed by atoms with van der Waals surface area (Å²) in [4.78, 5) is 34.3. The fraction of sp³-hybridized carbons (Fsp3) is 0.0476. The number of hydrogen-bond donors (Lipinski definition) is 2. The summed E-state index contributed by atoms with van der Waals surface area (Å²) in [6.45, 7) is 1.69. The van der Waals surface area contributed by atoms with E-state index in [0.717, 1.165) is 4.88 Å². The van der Waals surface area contributed by atoms with Crippen LogP contribution in [0.25, 0.3) is 10.8 Å². The van der Waals surface area contributed by atoms with Crippen molar-refractivity contribution in [3.8, 4) is 10.8 Å². The highest BCUT2D eigenvalue weighted by atomic mass is 32.1. The Morgan fingerprint density at radius 1 is 1.00 bits per heavy atom. The van der Waals surface area contributed by atoms with Gasteiger partial charge in [0.1, 0.15) is 11.6 Å². The molecule has 7 nitrogen and oxygen atoms in total. The molecule has 0 bridgehead atoms. The Balaban J connectivity index is 1.49. The SMILES string of the molecule is Cc1oc(-c2cccs2)nc1C(=O)Nc1cccc(C(=O)Nc2ccccn2)c1. The van der Waals surface area contributed by atoms with Crippen LogP contribution in [0.15, 0.2) is 70.6 Å². The van der Waals surface area contributed by atoms with Crippen molar-refractivity contribution in [3.63, 3.8) is 0 Å². The van der Waals surface area contributed by atoms with Gasteiger partial charge in [-0.3, -0.25) is 9.59 Å². The van der Waals surface area contributed by atoms with Crippen LogP contribution in [0.1, 0.15) is 26.6 Å². The maximum Gasteiger partial charge on any atom is 0.277 e. The van der Waals surface area contributed by atoms with Crippen molar-refractivity contribution in [2.45, 2.75) is 6.92 Å². The molecule has 3 heterocycles. The molecular formula is C21H16N4O3S. The second-order valence-electron chi connectivity index (χ2n) is 6.11. The van der Waals surface area contributed by atoms with Crippen molar-refractivity contribution in [2.24, 2.45) is 0 Å². The molecule has 2 amide bonds. The average Bonchev–Trinajstić information content (AvgIpc) is 3.38. The Morgan fingerprint density at radius 2 is 1.90 bits per heavy atom.